The summed E-state index contributed by atoms with van der Waals surface area (Å²) >= 11 is 0. The lowest BCUT2D eigenvalue weighted by atomic mass is 10.00. The fraction of sp³-hybridized carbons (Fsp3) is 0.833. The molecule has 1 atom stereocenters. The molecule has 5 heteroatoms. The molecule has 1 rings (SSSR count). The highest BCUT2D eigenvalue weighted by atomic mass is 32.2. The summed E-state index contributed by atoms with van der Waals surface area (Å²) < 4.78 is 24.5. The molecule has 1 aliphatic heterocycles. The Balaban J connectivity index is 2.26. The smallest absolute Gasteiger partial charge is 0.211 e. The van der Waals surface area contributed by atoms with E-state index in [2.05, 4.69) is 11.4 Å². The van der Waals surface area contributed by atoms with Gasteiger partial charge in [0.2, 0.25) is 10.0 Å². The molecule has 0 saturated carbocycles. The Bertz CT molecular complexity index is 338. The molecule has 0 aliphatic carbocycles. The van der Waals surface area contributed by atoms with Gasteiger partial charge >= 0.3 is 0 Å². The van der Waals surface area contributed by atoms with Crippen LogP contribution < -0.4 is 5.32 Å². The summed E-state index contributed by atoms with van der Waals surface area (Å²) in [5.41, 5.74) is 0. The van der Waals surface area contributed by atoms with Gasteiger partial charge in [-0.3, -0.25) is 0 Å². The van der Waals surface area contributed by atoms with Crippen molar-refractivity contribution in [3.63, 3.8) is 0 Å². The van der Waals surface area contributed by atoms with Crippen molar-refractivity contribution in [3.8, 4) is 0 Å². The lowest BCUT2D eigenvalue weighted by molar-refractivity contribution is 0.262. The van der Waals surface area contributed by atoms with E-state index in [1.807, 2.05) is 13.0 Å². The molecule has 0 aromatic heterocycles. The third-order valence-corrected chi connectivity index (χ3v) is 4.38. The highest BCUT2D eigenvalue weighted by molar-refractivity contribution is 7.88. The Morgan fingerprint density at radius 3 is 2.88 bits per heavy atom. The van der Waals surface area contributed by atoms with Crippen molar-refractivity contribution in [2.45, 2.75) is 26.2 Å². The molecule has 4 nitrogen and oxygen atoms in total. The molecule has 1 fully saturated rings. The first-order chi connectivity index (χ1) is 8.04. The van der Waals surface area contributed by atoms with Crippen molar-refractivity contribution in [2.24, 2.45) is 5.92 Å². The average Bonchev–Trinajstić information content (AvgIpc) is 2.28. The maximum absolute atomic E-state index is 11.4. The molecule has 0 radical (unpaired) electrons. The van der Waals surface area contributed by atoms with Crippen LogP contribution in [0.25, 0.3) is 0 Å². The molecular weight excluding hydrogens is 236 g/mol. The lowest BCUT2D eigenvalue weighted by Gasteiger charge is -2.31. The molecule has 1 unspecified atom stereocenters. The third kappa shape index (κ3) is 5.66. The van der Waals surface area contributed by atoms with Gasteiger partial charge in [0.05, 0.1) is 6.26 Å². The molecule has 0 aromatic rings. The highest BCUT2D eigenvalue weighted by Crippen LogP contribution is 2.17. The summed E-state index contributed by atoms with van der Waals surface area (Å²) in [5, 5.41) is 3.39. The first-order valence-corrected chi connectivity index (χ1v) is 8.16. The quantitative estimate of drug-likeness (QED) is 0.577. The van der Waals surface area contributed by atoms with Crippen molar-refractivity contribution < 1.29 is 8.42 Å². The van der Waals surface area contributed by atoms with E-state index in [4.69, 9.17) is 0 Å². The number of hydrogen-bond acceptors (Lipinski definition) is 3. The molecular formula is C12H24N2O2S. The summed E-state index contributed by atoms with van der Waals surface area (Å²) in [6.45, 7) is 5.28. The highest BCUT2D eigenvalue weighted by Gasteiger charge is 2.25. The van der Waals surface area contributed by atoms with Gasteiger partial charge in [0.25, 0.3) is 0 Å². The minimum atomic E-state index is -3.00. The van der Waals surface area contributed by atoms with Gasteiger partial charge in [0, 0.05) is 13.1 Å². The second-order valence-corrected chi connectivity index (χ2v) is 6.67. The van der Waals surface area contributed by atoms with E-state index >= 15 is 0 Å². The zero-order valence-corrected chi connectivity index (χ0v) is 11.7. The monoisotopic (exact) mass is 260 g/mol. The zero-order chi connectivity index (χ0) is 12.7. The van der Waals surface area contributed by atoms with E-state index in [-0.39, 0.29) is 0 Å². The van der Waals surface area contributed by atoms with E-state index < -0.39 is 10.0 Å². The van der Waals surface area contributed by atoms with E-state index in [0.717, 1.165) is 32.4 Å². The van der Waals surface area contributed by atoms with E-state index in [9.17, 15) is 8.42 Å². The molecule has 17 heavy (non-hydrogen) atoms. The molecule has 0 aromatic carbocycles. The van der Waals surface area contributed by atoms with Gasteiger partial charge in [0.1, 0.15) is 0 Å². The second kappa shape index (κ2) is 7.13. The number of nitrogens with zero attached hydrogens (tertiary/aromatic N) is 1. The van der Waals surface area contributed by atoms with E-state index in [1.54, 1.807) is 4.31 Å². The van der Waals surface area contributed by atoms with Crippen LogP contribution in [0.1, 0.15) is 26.2 Å². The summed E-state index contributed by atoms with van der Waals surface area (Å²) in [4.78, 5) is 0. The number of nitrogens with one attached hydrogen (secondary N) is 1. The van der Waals surface area contributed by atoms with Gasteiger partial charge in [-0.25, -0.2) is 12.7 Å². The van der Waals surface area contributed by atoms with Gasteiger partial charge < -0.3 is 5.32 Å². The van der Waals surface area contributed by atoms with Crippen LogP contribution in [-0.2, 0) is 10.0 Å². The van der Waals surface area contributed by atoms with Crippen LogP contribution in [0.15, 0.2) is 12.2 Å². The molecule has 1 N–H and O–H groups in total. The third-order valence-electron chi connectivity index (χ3n) is 3.11. The molecule has 0 amide bonds. The fourth-order valence-corrected chi connectivity index (χ4v) is 3.10. The Labute approximate surface area is 105 Å². The predicted octanol–water partition coefficient (Wildman–Crippen LogP) is 1.21. The summed E-state index contributed by atoms with van der Waals surface area (Å²) in [6.07, 6.45) is 8.63. The number of piperidine rings is 1. The maximum atomic E-state index is 11.4. The van der Waals surface area contributed by atoms with Crippen LogP contribution >= 0.6 is 0 Å². The van der Waals surface area contributed by atoms with Gasteiger partial charge in [-0.2, -0.15) is 0 Å². The van der Waals surface area contributed by atoms with Crippen molar-refractivity contribution in [3.05, 3.63) is 12.2 Å². The van der Waals surface area contributed by atoms with Crippen molar-refractivity contribution >= 4 is 10.0 Å². The Morgan fingerprint density at radius 2 is 2.24 bits per heavy atom. The number of allylic oxidation sites excluding steroid dienone is 1. The van der Waals surface area contributed by atoms with Crippen LogP contribution in [-0.4, -0.2) is 45.2 Å². The summed E-state index contributed by atoms with van der Waals surface area (Å²) in [5.74, 6) is 0.462. The van der Waals surface area contributed by atoms with Crippen LogP contribution in [0.3, 0.4) is 0 Å². The Morgan fingerprint density at radius 1 is 1.47 bits per heavy atom. The van der Waals surface area contributed by atoms with Gasteiger partial charge in [-0.05, 0) is 45.2 Å². The number of sulfonamides is 1. The first-order valence-electron chi connectivity index (χ1n) is 6.31. The van der Waals surface area contributed by atoms with Crippen LogP contribution in [0.5, 0.6) is 0 Å². The van der Waals surface area contributed by atoms with Crippen molar-refractivity contribution in [1.82, 2.24) is 9.62 Å². The molecule has 0 bridgehead atoms. The average molecular weight is 260 g/mol. The van der Waals surface area contributed by atoms with Gasteiger partial charge in [-0.1, -0.05) is 12.2 Å². The Hall–Kier alpha value is -0.390. The normalized spacial score (nSPS) is 23.3. The molecule has 1 heterocycles. The second-order valence-electron chi connectivity index (χ2n) is 4.69. The lowest BCUT2D eigenvalue weighted by Crippen LogP contribution is -2.42. The van der Waals surface area contributed by atoms with Crippen LogP contribution in [0, 0.1) is 5.92 Å². The van der Waals surface area contributed by atoms with E-state index in [1.165, 1.54) is 6.26 Å². The largest absolute Gasteiger partial charge is 0.316 e. The molecule has 1 saturated heterocycles. The topological polar surface area (TPSA) is 49.4 Å². The number of rotatable bonds is 6. The molecule has 1 aliphatic rings. The minimum Gasteiger partial charge on any atom is -0.316 e. The van der Waals surface area contributed by atoms with Gasteiger partial charge in [-0.15, -0.1) is 0 Å². The fourth-order valence-electron chi connectivity index (χ4n) is 2.15. The minimum absolute atomic E-state index is 0.462. The van der Waals surface area contributed by atoms with Gasteiger partial charge in [0.15, 0.2) is 0 Å². The van der Waals surface area contributed by atoms with Crippen molar-refractivity contribution in [2.75, 3.05) is 32.4 Å². The van der Waals surface area contributed by atoms with E-state index in [0.29, 0.717) is 19.0 Å². The standard InChI is InChI=1S/C12H24N2O2S/c1-3-4-5-8-13-10-12-7-6-9-14(11-12)17(2,15)16/h3-4,12-13H,5-11H2,1-2H3/b4-3+. The van der Waals surface area contributed by atoms with Crippen LogP contribution in [0.2, 0.25) is 0 Å². The summed E-state index contributed by atoms with van der Waals surface area (Å²) in [6, 6.07) is 0. The van der Waals surface area contributed by atoms with Crippen molar-refractivity contribution in [1.29, 1.82) is 0 Å². The summed E-state index contributed by atoms with van der Waals surface area (Å²) in [7, 11) is -3.00. The first kappa shape index (κ1) is 14.7. The SMILES string of the molecule is C/C=C/CCNCC1CCCN(S(C)(=O)=O)C1. The Kier molecular flexibility index (Phi) is 6.16. The maximum Gasteiger partial charge on any atom is 0.211 e. The zero-order valence-electron chi connectivity index (χ0n) is 10.9. The molecule has 0 spiro atoms. The number of hydrogen-bond donors (Lipinski definition) is 1. The predicted molar refractivity (Wildman–Crippen MR) is 71.4 cm³/mol. The van der Waals surface area contributed by atoms with Crippen LogP contribution in [0.4, 0.5) is 0 Å². The molecule has 100 valence electrons.